The molecule has 4 saturated heterocycles. The SMILES string of the molecule is C[C@H](NC(=O)[C@@H]1CCCN1C(=O)[C@@H]1CCCN1)C(=O)N[C@H](C(=O)N[C@@H](CCC(=O)O)C(=O)N[C@H](C(=O)N1CCC[C@H]1C(=O)N1CCC[C@H]1C(=O)O)[C@@H](C)O)[C@@H](C)O. The zero-order valence-corrected chi connectivity index (χ0v) is 32.5. The van der Waals surface area contributed by atoms with Crippen LogP contribution in [-0.4, -0.2) is 175 Å². The summed E-state index contributed by atoms with van der Waals surface area (Å²) < 4.78 is 0. The van der Waals surface area contributed by atoms with Crippen LogP contribution in [-0.2, 0) is 43.2 Å². The predicted molar refractivity (Wildman–Crippen MR) is 196 cm³/mol. The van der Waals surface area contributed by atoms with Crippen molar-refractivity contribution in [2.45, 2.75) is 146 Å². The van der Waals surface area contributed by atoms with Gasteiger partial charge in [0.15, 0.2) is 0 Å². The molecule has 0 saturated carbocycles. The first-order chi connectivity index (χ1) is 26.9. The molecule has 9 N–H and O–H groups in total. The average molecular weight is 809 g/mol. The summed E-state index contributed by atoms with van der Waals surface area (Å²) in [7, 11) is 0. The fourth-order valence-electron chi connectivity index (χ4n) is 7.84. The maximum atomic E-state index is 13.8. The second kappa shape index (κ2) is 20.0. The van der Waals surface area contributed by atoms with Crippen molar-refractivity contribution in [2.24, 2.45) is 0 Å². The highest BCUT2D eigenvalue weighted by Gasteiger charge is 2.45. The van der Waals surface area contributed by atoms with E-state index in [4.69, 9.17) is 0 Å². The molecular formula is C36H56N8O13. The minimum absolute atomic E-state index is 0.0721. The molecule has 4 heterocycles. The number of hydrogen-bond acceptors (Lipinski definition) is 12. The largest absolute Gasteiger partial charge is 0.481 e. The molecule has 57 heavy (non-hydrogen) atoms. The molecule has 10 atom stereocenters. The first-order valence-corrected chi connectivity index (χ1v) is 19.6. The molecule has 21 heteroatoms. The summed E-state index contributed by atoms with van der Waals surface area (Å²) in [4.78, 5) is 121. The lowest BCUT2D eigenvalue weighted by Crippen LogP contribution is -2.62. The Bertz CT molecular complexity index is 1550. The highest BCUT2D eigenvalue weighted by molar-refractivity contribution is 5.98. The number of nitrogens with one attached hydrogen (secondary N) is 5. The van der Waals surface area contributed by atoms with Crippen molar-refractivity contribution in [1.29, 1.82) is 0 Å². The van der Waals surface area contributed by atoms with Crippen LogP contribution in [0.5, 0.6) is 0 Å². The van der Waals surface area contributed by atoms with E-state index in [0.29, 0.717) is 45.2 Å². The smallest absolute Gasteiger partial charge is 0.326 e. The molecule has 4 aliphatic rings. The van der Waals surface area contributed by atoms with Gasteiger partial charge in [0, 0.05) is 26.1 Å². The molecule has 0 aliphatic carbocycles. The van der Waals surface area contributed by atoms with Gasteiger partial charge in [-0.2, -0.15) is 0 Å². The third-order valence-corrected chi connectivity index (χ3v) is 11.0. The molecule has 4 fully saturated rings. The lowest BCUT2D eigenvalue weighted by Gasteiger charge is -2.33. The molecule has 4 rings (SSSR count). The molecule has 21 nitrogen and oxygen atoms in total. The molecule has 0 aromatic rings. The van der Waals surface area contributed by atoms with Crippen molar-refractivity contribution in [3.8, 4) is 0 Å². The summed E-state index contributed by atoms with van der Waals surface area (Å²) in [5.74, 6) is -7.77. The van der Waals surface area contributed by atoms with Crippen LogP contribution in [0.4, 0.5) is 0 Å². The quantitative estimate of drug-likeness (QED) is 0.0686. The standard InChI is InChI=1S/C36H56N8O13/c1-18(38-31(51)23-9-5-15-42(23)33(53)22-8-4-14-37-22)29(49)40-27(19(2)45)32(52)39-21(12-13-26(47)48)30(50)41-28(20(3)46)35(55)43-16-6-10-24(43)34(54)44-17-7-11-25(44)36(56)57/h18-25,27-28,37,45-46H,4-17H2,1-3H3,(H,38,51)(H,39,52)(H,40,49)(H,41,50)(H,47,48)(H,56,57)/t18-,19+,20+,21-,22-,23-,24-,25-,27-,28-/m0/s1. The van der Waals surface area contributed by atoms with Crippen LogP contribution in [0, 0.1) is 0 Å². The predicted octanol–water partition coefficient (Wildman–Crippen LogP) is -3.62. The molecule has 7 amide bonds. The zero-order valence-electron chi connectivity index (χ0n) is 32.5. The van der Waals surface area contributed by atoms with Crippen molar-refractivity contribution < 1.29 is 63.6 Å². The highest BCUT2D eigenvalue weighted by Crippen LogP contribution is 2.26. The summed E-state index contributed by atoms with van der Waals surface area (Å²) in [5.41, 5.74) is 0. The Morgan fingerprint density at radius 2 is 1.19 bits per heavy atom. The Hall–Kier alpha value is -4.89. The van der Waals surface area contributed by atoms with Gasteiger partial charge in [0.25, 0.3) is 0 Å². The van der Waals surface area contributed by atoms with Crippen LogP contribution in [0.15, 0.2) is 0 Å². The van der Waals surface area contributed by atoms with Gasteiger partial charge >= 0.3 is 11.9 Å². The van der Waals surface area contributed by atoms with Gasteiger partial charge in [0.2, 0.25) is 41.4 Å². The maximum Gasteiger partial charge on any atom is 0.326 e. The zero-order chi connectivity index (χ0) is 42.1. The van der Waals surface area contributed by atoms with Gasteiger partial charge in [-0.1, -0.05) is 0 Å². The van der Waals surface area contributed by atoms with E-state index in [1.807, 2.05) is 0 Å². The monoisotopic (exact) mass is 808 g/mol. The molecule has 0 bridgehead atoms. The van der Waals surface area contributed by atoms with E-state index in [1.54, 1.807) is 0 Å². The van der Waals surface area contributed by atoms with Crippen molar-refractivity contribution in [1.82, 2.24) is 41.3 Å². The third-order valence-electron chi connectivity index (χ3n) is 11.0. The summed E-state index contributed by atoms with van der Waals surface area (Å²) >= 11 is 0. The van der Waals surface area contributed by atoms with Crippen LogP contribution >= 0.6 is 0 Å². The Balaban J connectivity index is 1.41. The minimum atomic E-state index is -1.71. The molecule has 0 aromatic carbocycles. The molecule has 4 aliphatic heterocycles. The second-order valence-electron chi connectivity index (χ2n) is 15.2. The summed E-state index contributed by atoms with van der Waals surface area (Å²) in [6.45, 7) is 5.07. The van der Waals surface area contributed by atoms with E-state index in [0.717, 1.165) is 11.3 Å². The van der Waals surface area contributed by atoms with E-state index in [-0.39, 0.29) is 37.9 Å². The number of nitrogens with zero attached hydrogens (tertiary/aromatic N) is 3. The number of carbonyl (C=O) groups is 9. The average Bonchev–Trinajstić information content (AvgIpc) is 3.99. The van der Waals surface area contributed by atoms with Gasteiger partial charge in [0.1, 0.15) is 42.3 Å². The van der Waals surface area contributed by atoms with Gasteiger partial charge in [-0.25, -0.2) is 4.79 Å². The van der Waals surface area contributed by atoms with Crippen LogP contribution < -0.4 is 26.6 Å². The Labute approximate surface area is 329 Å². The lowest BCUT2D eigenvalue weighted by molar-refractivity contribution is -0.153. The summed E-state index contributed by atoms with van der Waals surface area (Å²) in [5, 5.41) is 52.7. The number of aliphatic carboxylic acids is 2. The lowest BCUT2D eigenvalue weighted by atomic mass is 10.1. The van der Waals surface area contributed by atoms with E-state index in [1.165, 1.54) is 30.6 Å². The molecule has 0 radical (unpaired) electrons. The molecule has 0 spiro atoms. The Kier molecular flexibility index (Phi) is 15.7. The van der Waals surface area contributed by atoms with Gasteiger partial charge in [-0.15, -0.1) is 0 Å². The highest BCUT2D eigenvalue weighted by atomic mass is 16.4. The normalized spacial score (nSPS) is 25.1. The first-order valence-electron chi connectivity index (χ1n) is 19.6. The van der Waals surface area contributed by atoms with Gasteiger partial charge < -0.3 is 61.7 Å². The first kappa shape index (κ1) is 44.8. The van der Waals surface area contributed by atoms with Crippen molar-refractivity contribution in [3.05, 3.63) is 0 Å². The minimum Gasteiger partial charge on any atom is -0.481 e. The second-order valence-corrected chi connectivity index (χ2v) is 15.2. The van der Waals surface area contributed by atoms with Gasteiger partial charge in [-0.3, -0.25) is 38.4 Å². The number of rotatable bonds is 17. The molecule has 318 valence electrons. The van der Waals surface area contributed by atoms with Crippen LogP contribution in [0.3, 0.4) is 0 Å². The fraction of sp³-hybridized carbons (Fsp3) is 0.750. The third kappa shape index (κ3) is 11.2. The number of carboxylic acid groups (broad SMARTS) is 2. The van der Waals surface area contributed by atoms with E-state index in [9.17, 15) is 63.6 Å². The van der Waals surface area contributed by atoms with Gasteiger partial charge in [-0.05, 0) is 85.1 Å². The summed E-state index contributed by atoms with van der Waals surface area (Å²) in [6, 6.07) is -9.54. The van der Waals surface area contributed by atoms with E-state index < -0.39 is 115 Å². The van der Waals surface area contributed by atoms with E-state index >= 15 is 0 Å². The van der Waals surface area contributed by atoms with Crippen molar-refractivity contribution in [3.63, 3.8) is 0 Å². The van der Waals surface area contributed by atoms with Crippen LogP contribution in [0.1, 0.15) is 85.0 Å². The van der Waals surface area contributed by atoms with E-state index in [2.05, 4.69) is 26.6 Å². The number of hydrogen-bond donors (Lipinski definition) is 9. The number of carbonyl (C=O) groups excluding carboxylic acids is 7. The number of amides is 7. The Morgan fingerprint density at radius 3 is 1.75 bits per heavy atom. The number of carboxylic acids is 2. The number of aliphatic hydroxyl groups excluding tert-OH is 2. The summed E-state index contributed by atoms with van der Waals surface area (Å²) in [6.07, 6.45) is -0.443. The topological polar surface area (TPSA) is 304 Å². The van der Waals surface area contributed by atoms with Crippen molar-refractivity contribution >= 4 is 53.3 Å². The fourth-order valence-corrected chi connectivity index (χ4v) is 7.84. The molecular weight excluding hydrogens is 752 g/mol. The maximum absolute atomic E-state index is 13.8. The molecule has 0 unspecified atom stereocenters. The van der Waals surface area contributed by atoms with Crippen LogP contribution in [0.25, 0.3) is 0 Å². The van der Waals surface area contributed by atoms with Gasteiger partial charge in [0.05, 0.1) is 18.2 Å². The molecule has 0 aromatic heterocycles. The van der Waals surface area contributed by atoms with Crippen molar-refractivity contribution in [2.75, 3.05) is 26.2 Å². The Morgan fingerprint density at radius 1 is 0.632 bits per heavy atom. The number of likely N-dealkylation sites (tertiary alicyclic amines) is 3. The number of aliphatic hydroxyl groups is 2. The van der Waals surface area contributed by atoms with Crippen LogP contribution in [0.2, 0.25) is 0 Å².